The van der Waals surface area contributed by atoms with Crippen molar-refractivity contribution in [3.63, 3.8) is 0 Å². The Morgan fingerprint density at radius 3 is 2.75 bits per heavy atom. The molecule has 106 valence electrons. The van der Waals surface area contributed by atoms with Gasteiger partial charge in [0.2, 0.25) is 0 Å². The molecular formula is C14H17BrN4O. The van der Waals surface area contributed by atoms with E-state index in [2.05, 4.69) is 36.9 Å². The van der Waals surface area contributed by atoms with Crippen molar-refractivity contribution in [3.05, 3.63) is 46.3 Å². The average Bonchev–Trinajstić information content (AvgIpc) is 2.38. The molecule has 5 nitrogen and oxygen atoms in total. The lowest BCUT2D eigenvalue weighted by Crippen LogP contribution is -2.19. The molecule has 2 rings (SSSR count). The number of benzene rings is 1. The monoisotopic (exact) mass is 336 g/mol. The van der Waals surface area contributed by atoms with Gasteiger partial charge in [-0.25, -0.2) is 9.97 Å². The number of nitrogen functional groups attached to an aromatic ring is 1. The highest BCUT2D eigenvalue weighted by Gasteiger charge is 2.06. The summed E-state index contributed by atoms with van der Waals surface area (Å²) < 4.78 is 6.17. The molecule has 0 aliphatic heterocycles. The van der Waals surface area contributed by atoms with E-state index in [4.69, 9.17) is 10.5 Å². The fourth-order valence-corrected chi connectivity index (χ4v) is 2.50. The SMILES string of the molecule is COc1ccc(CN(C)Cc2nccc(N)n2)cc1Br. The second kappa shape index (κ2) is 6.67. The van der Waals surface area contributed by atoms with E-state index in [1.165, 1.54) is 5.56 Å². The molecule has 1 aromatic heterocycles. The number of methoxy groups -OCH3 is 1. The number of anilines is 1. The molecule has 0 fully saturated rings. The minimum absolute atomic E-state index is 0.496. The molecule has 2 aromatic rings. The fourth-order valence-electron chi connectivity index (χ4n) is 1.91. The summed E-state index contributed by atoms with van der Waals surface area (Å²) in [5.74, 6) is 2.05. The molecule has 0 atom stereocenters. The molecule has 20 heavy (non-hydrogen) atoms. The van der Waals surface area contributed by atoms with Crippen LogP contribution in [0.1, 0.15) is 11.4 Å². The molecule has 0 amide bonds. The van der Waals surface area contributed by atoms with Crippen molar-refractivity contribution in [2.75, 3.05) is 19.9 Å². The van der Waals surface area contributed by atoms with Gasteiger partial charge >= 0.3 is 0 Å². The fraction of sp³-hybridized carbons (Fsp3) is 0.286. The lowest BCUT2D eigenvalue weighted by atomic mass is 10.2. The van der Waals surface area contributed by atoms with Crippen LogP contribution in [0.2, 0.25) is 0 Å². The third-order valence-electron chi connectivity index (χ3n) is 2.81. The Kier molecular flexibility index (Phi) is 4.92. The number of rotatable bonds is 5. The molecule has 0 unspecified atom stereocenters. The van der Waals surface area contributed by atoms with Crippen LogP contribution >= 0.6 is 15.9 Å². The standard InChI is InChI=1S/C14H17BrN4O/c1-19(9-14-17-6-5-13(16)18-14)8-10-3-4-12(20-2)11(15)7-10/h3-7H,8-9H2,1-2H3,(H2,16,17,18). The highest BCUT2D eigenvalue weighted by atomic mass is 79.9. The summed E-state index contributed by atoms with van der Waals surface area (Å²) in [6.07, 6.45) is 1.68. The summed E-state index contributed by atoms with van der Waals surface area (Å²) in [7, 11) is 3.67. The number of nitrogens with zero attached hydrogens (tertiary/aromatic N) is 3. The zero-order chi connectivity index (χ0) is 14.5. The van der Waals surface area contributed by atoms with Gasteiger partial charge in [0.15, 0.2) is 0 Å². The van der Waals surface area contributed by atoms with Crippen molar-refractivity contribution in [3.8, 4) is 5.75 Å². The molecular weight excluding hydrogens is 320 g/mol. The van der Waals surface area contributed by atoms with Crippen molar-refractivity contribution in [2.45, 2.75) is 13.1 Å². The van der Waals surface area contributed by atoms with E-state index in [-0.39, 0.29) is 0 Å². The molecule has 0 aliphatic carbocycles. The summed E-state index contributed by atoms with van der Waals surface area (Å²) in [5, 5.41) is 0. The summed E-state index contributed by atoms with van der Waals surface area (Å²) >= 11 is 3.49. The second-order valence-electron chi connectivity index (χ2n) is 4.54. The Balaban J connectivity index is 2.01. The van der Waals surface area contributed by atoms with Crippen molar-refractivity contribution < 1.29 is 4.74 Å². The van der Waals surface area contributed by atoms with E-state index in [1.54, 1.807) is 19.4 Å². The van der Waals surface area contributed by atoms with Crippen LogP contribution in [0.5, 0.6) is 5.75 Å². The number of hydrogen-bond acceptors (Lipinski definition) is 5. The van der Waals surface area contributed by atoms with E-state index in [0.717, 1.165) is 22.6 Å². The van der Waals surface area contributed by atoms with E-state index in [1.807, 2.05) is 19.2 Å². The van der Waals surface area contributed by atoms with Gasteiger partial charge in [-0.05, 0) is 46.7 Å². The molecule has 1 heterocycles. The second-order valence-corrected chi connectivity index (χ2v) is 5.39. The normalized spacial score (nSPS) is 10.8. The first-order chi connectivity index (χ1) is 9.58. The van der Waals surface area contributed by atoms with Crippen LogP contribution in [-0.2, 0) is 13.1 Å². The first-order valence-corrected chi connectivity index (χ1v) is 6.96. The molecule has 0 saturated heterocycles. The Morgan fingerprint density at radius 1 is 1.30 bits per heavy atom. The van der Waals surface area contributed by atoms with Gasteiger partial charge in [0, 0.05) is 12.7 Å². The minimum Gasteiger partial charge on any atom is -0.496 e. The van der Waals surface area contributed by atoms with Gasteiger partial charge in [-0.2, -0.15) is 0 Å². The van der Waals surface area contributed by atoms with Gasteiger partial charge in [-0.3, -0.25) is 4.90 Å². The average molecular weight is 337 g/mol. The number of ether oxygens (including phenoxy) is 1. The molecule has 0 aliphatic rings. The van der Waals surface area contributed by atoms with Crippen molar-refractivity contribution in [2.24, 2.45) is 0 Å². The van der Waals surface area contributed by atoms with E-state index in [0.29, 0.717) is 12.4 Å². The predicted molar refractivity (Wildman–Crippen MR) is 82.3 cm³/mol. The highest BCUT2D eigenvalue weighted by Crippen LogP contribution is 2.26. The van der Waals surface area contributed by atoms with E-state index >= 15 is 0 Å². The smallest absolute Gasteiger partial charge is 0.144 e. The molecule has 0 spiro atoms. The van der Waals surface area contributed by atoms with E-state index in [9.17, 15) is 0 Å². The number of nitrogens with two attached hydrogens (primary N) is 1. The summed E-state index contributed by atoms with van der Waals surface area (Å²) in [6, 6.07) is 7.73. The minimum atomic E-state index is 0.496. The molecule has 1 aromatic carbocycles. The summed E-state index contributed by atoms with van der Waals surface area (Å²) in [5.41, 5.74) is 6.83. The highest BCUT2D eigenvalue weighted by molar-refractivity contribution is 9.10. The van der Waals surface area contributed by atoms with E-state index < -0.39 is 0 Å². The Hall–Kier alpha value is -1.66. The van der Waals surface area contributed by atoms with Crippen LogP contribution in [0.15, 0.2) is 34.9 Å². The maximum absolute atomic E-state index is 5.65. The maximum atomic E-state index is 5.65. The zero-order valence-electron chi connectivity index (χ0n) is 11.5. The topological polar surface area (TPSA) is 64.3 Å². The van der Waals surface area contributed by atoms with Gasteiger partial charge in [-0.1, -0.05) is 6.07 Å². The summed E-state index contributed by atoms with van der Waals surface area (Å²) in [6.45, 7) is 1.44. The van der Waals surface area contributed by atoms with Gasteiger partial charge in [0.25, 0.3) is 0 Å². The molecule has 0 radical (unpaired) electrons. The third-order valence-corrected chi connectivity index (χ3v) is 3.43. The zero-order valence-corrected chi connectivity index (χ0v) is 13.1. The summed E-state index contributed by atoms with van der Waals surface area (Å²) in [4.78, 5) is 10.5. The van der Waals surface area contributed by atoms with Crippen molar-refractivity contribution >= 4 is 21.7 Å². The Morgan fingerprint density at radius 2 is 2.10 bits per heavy atom. The van der Waals surface area contributed by atoms with Crippen molar-refractivity contribution in [1.29, 1.82) is 0 Å². The molecule has 0 saturated carbocycles. The lowest BCUT2D eigenvalue weighted by Gasteiger charge is -2.16. The molecule has 2 N–H and O–H groups in total. The quantitative estimate of drug-likeness (QED) is 0.908. The number of halogens is 1. The lowest BCUT2D eigenvalue weighted by molar-refractivity contribution is 0.310. The van der Waals surface area contributed by atoms with Crippen LogP contribution in [0, 0.1) is 0 Å². The molecule has 6 heteroatoms. The predicted octanol–water partition coefficient (Wildman–Crippen LogP) is 2.46. The largest absolute Gasteiger partial charge is 0.496 e. The van der Waals surface area contributed by atoms with Crippen LogP contribution in [0.25, 0.3) is 0 Å². The maximum Gasteiger partial charge on any atom is 0.144 e. The Bertz CT molecular complexity index is 591. The van der Waals surface area contributed by atoms with Crippen LogP contribution < -0.4 is 10.5 Å². The third kappa shape index (κ3) is 3.91. The van der Waals surface area contributed by atoms with Crippen LogP contribution in [-0.4, -0.2) is 29.0 Å². The van der Waals surface area contributed by atoms with Crippen LogP contribution in [0.3, 0.4) is 0 Å². The van der Waals surface area contributed by atoms with Gasteiger partial charge in [-0.15, -0.1) is 0 Å². The van der Waals surface area contributed by atoms with Crippen LogP contribution in [0.4, 0.5) is 5.82 Å². The van der Waals surface area contributed by atoms with Gasteiger partial charge < -0.3 is 10.5 Å². The molecule has 0 bridgehead atoms. The van der Waals surface area contributed by atoms with Crippen molar-refractivity contribution in [1.82, 2.24) is 14.9 Å². The van der Waals surface area contributed by atoms with Gasteiger partial charge in [0.1, 0.15) is 17.4 Å². The number of hydrogen-bond donors (Lipinski definition) is 1. The first-order valence-electron chi connectivity index (χ1n) is 6.17. The van der Waals surface area contributed by atoms with Gasteiger partial charge in [0.05, 0.1) is 18.1 Å². The first kappa shape index (κ1) is 14.7. The Labute approximate surface area is 126 Å². The number of aromatic nitrogens is 2.